The summed E-state index contributed by atoms with van der Waals surface area (Å²) in [7, 11) is 3.10. The number of nitrogens with zero attached hydrogens (tertiary/aromatic N) is 1. The van der Waals surface area contributed by atoms with Crippen LogP contribution in [0, 0.1) is 0 Å². The Morgan fingerprint density at radius 3 is 2.04 bits per heavy atom. The molecule has 4 nitrogen and oxygen atoms in total. The maximum Gasteiger partial charge on any atom is 0.417 e. The number of thiophene rings is 1. The molecule has 2 aromatic rings. The molecule has 8 heteroatoms. The van der Waals surface area contributed by atoms with Crippen LogP contribution in [-0.2, 0) is 19.0 Å². The number of benzene rings is 1. The number of halogens is 3. The second-order valence-electron chi connectivity index (χ2n) is 5.96. The number of methoxy groups -OCH3 is 2. The first kappa shape index (κ1) is 18.6. The van der Waals surface area contributed by atoms with Crippen molar-refractivity contribution in [3.63, 3.8) is 0 Å². The largest absolute Gasteiger partial charge is 0.493 e. The highest BCUT2D eigenvalue weighted by Crippen LogP contribution is 2.36. The molecule has 1 aliphatic heterocycles. The van der Waals surface area contributed by atoms with Gasteiger partial charge in [0.15, 0.2) is 11.5 Å². The van der Waals surface area contributed by atoms with E-state index in [0.29, 0.717) is 37.4 Å². The first-order valence-corrected chi connectivity index (χ1v) is 8.96. The zero-order chi connectivity index (χ0) is 18.9. The van der Waals surface area contributed by atoms with Crippen LogP contribution in [0.1, 0.15) is 27.0 Å². The third-order valence-corrected chi connectivity index (χ3v) is 5.24. The van der Waals surface area contributed by atoms with Crippen molar-refractivity contribution in [2.75, 3.05) is 27.3 Å². The average molecular weight is 385 g/mol. The smallest absolute Gasteiger partial charge is 0.417 e. The van der Waals surface area contributed by atoms with E-state index in [9.17, 15) is 18.0 Å². The summed E-state index contributed by atoms with van der Waals surface area (Å²) in [5.41, 5.74) is 0.889. The number of hydrogen-bond donors (Lipinski definition) is 0. The SMILES string of the molecule is COc1cc2c(cc1OC)CCN(C(=O)c1cscc1C(F)(F)F)CC2. The normalized spacial score (nSPS) is 14.6. The third kappa shape index (κ3) is 3.51. The van der Waals surface area contributed by atoms with Crippen molar-refractivity contribution < 1.29 is 27.4 Å². The Morgan fingerprint density at radius 2 is 1.58 bits per heavy atom. The van der Waals surface area contributed by atoms with Crippen LogP contribution in [0.15, 0.2) is 22.9 Å². The fourth-order valence-corrected chi connectivity index (χ4v) is 3.94. The summed E-state index contributed by atoms with van der Waals surface area (Å²) in [6, 6.07) is 3.74. The van der Waals surface area contributed by atoms with E-state index in [-0.39, 0.29) is 5.56 Å². The van der Waals surface area contributed by atoms with Crippen molar-refractivity contribution in [3.05, 3.63) is 45.1 Å². The molecule has 1 aromatic heterocycles. The van der Waals surface area contributed by atoms with Crippen molar-refractivity contribution in [1.29, 1.82) is 0 Å². The minimum Gasteiger partial charge on any atom is -0.493 e. The number of amides is 1. The molecular formula is C18H18F3NO3S. The number of ether oxygens (including phenoxy) is 2. The van der Waals surface area contributed by atoms with Crippen LogP contribution >= 0.6 is 11.3 Å². The Balaban J connectivity index is 1.83. The number of rotatable bonds is 3. The number of fused-ring (bicyclic) bond motifs is 1. The lowest BCUT2D eigenvalue weighted by molar-refractivity contribution is -0.137. The Kier molecular flexibility index (Phi) is 5.13. The molecule has 26 heavy (non-hydrogen) atoms. The summed E-state index contributed by atoms with van der Waals surface area (Å²) in [5, 5.41) is 2.25. The zero-order valence-electron chi connectivity index (χ0n) is 14.4. The first-order valence-electron chi connectivity index (χ1n) is 8.01. The number of alkyl halides is 3. The lowest BCUT2D eigenvalue weighted by Gasteiger charge is -2.21. The van der Waals surface area contributed by atoms with Gasteiger partial charge in [0.1, 0.15) is 0 Å². The summed E-state index contributed by atoms with van der Waals surface area (Å²) < 4.78 is 49.8. The Hall–Kier alpha value is -2.22. The van der Waals surface area contributed by atoms with Crippen LogP contribution in [0.2, 0.25) is 0 Å². The Labute approximate surface area is 153 Å². The van der Waals surface area contributed by atoms with Gasteiger partial charge >= 0.3 is 6.18 Å². The minimum atomic E-state index is -4.53. The molecule has 0 atom stereocenters. The lowest BCUT2D eigenvalue weighted by Crippen LogP contribution is -2.34. The van der Waals surface area contributed by atoms with Gasteiger partial charge in [-0.05, 0) is 36.1 Å². The molecule has 0 spiro atoms. The van der Waals surface area contributed by atoms with Crippen molar-refractivity contribution in [2.45, 2.75) is 19.0 Å². The van der Waals surface area contributed by atoms with Crippen LogP contribution in [-0.4, -0.2) is 38.1 Å². The molecule has 0 aliphatic carbocycles. The molecule has 0 saturated carbocycles. The standard InChI is InChI=1S/C18H18F3NO3S/c1-24-15-7-11-3-5-22(6-4-12(11)8-16(15)25-2)17(23)13-9-26-10-14(13)18(19,20)21/h7-10H,3-6H2,1-2H3. The molecule has 1 aromatic carbocycles. The van der Waals surface area contributed by atoms with Gasteiger partial charge in [0, 0.05) is 23.8 Å². The van der Waals surface area contributed by atoms with Gasteiger partial charge < -0.3 is 14.4 Å². The van der Waals surface area contributed by atoms with Gasteiger partial charge in [-0.1, -0.05) is 0 Å². The Bertz CT molecular complexity index is 781. The van der Waals surface area contributed by atoms with Gasteiger partial charge in [-0.3, -0.25) is 4.79 Å². The van der Waals surface area contributed by atoms with Crippen molar-refractivity contribution in [3.8, 4) is 11.5 Å². The fraction of sp³-hybridized carbons (Fsp3) is 0.389. The second-order valence-corrected chi connectivity index (χ2v) is 6.71. The highest BCUT2D eigenvalue weighted by Gasteiger charge is 2.37. The fourth-order valence-electron chi connectivity index (χ4n) is 3.11. The zero-order valence-corrected chi connectivity index (χ0v) is 15.2. The van der Waals surface area contributed by atoms with E-state index < -0.39 is 17.6 Å². The average Bonchev–Trinajstić information content (AvgIpc) is 3.02. The van der Waals surface area contributed by atoms with E-state index >= 15 is 0 Å². The van der Waals surface area contributed by atoms with E-state index in [1.807, 2.05) is 12.1 Å². The van der Waals surface area contributed by atoms with Crippen LogP contribution in [0.5, 0.6) is 11.5 Å². The molecule has 1 amide bonds. The van der Waals surface area contributed by atoms with E-state index in [1.54, 1.807) is 14.2 Å². The van der Waals surface area contributed by atoms with Gasteiger partial charge in [-0.25, -0.2) is 0 Å². The predicted octanol–water partition coefficient (Wildman–Crippen LogP) is 4.03. The van der Waals surface area contributed by atoms with E-state index in [4.69, 9.17) is 9.47 Å². The topological polar surface area (TPSA) is 38.8 Å². The van der Waals surface area contributed by atoms with E-state index in [0.717, 1.165) is 27.8 Å². The maximum absolute atomic E-state index is 13.1. The van der Waals surface area contributed by atoms with Gasteiger partial charge in [-0.15, -0.1) is 0 Å². The van der Waals surface area contributed by atoms with Gasteiger partial charge in [0.2, 0.25) is 0 Å². The highest BCUT2D eigenvalue weighted by atomic mass is 32.1. The number of carbonyl (C=O) groups excluding carboxylic acids is 1. The van der Waals surface area contributed by atoms with Crippen LogP contribution in [0.25, 0.3) is 0 Å². The second kappa shape index (κ2) is 7.19. The summed E-state index contributed by atoms with van der Waals surface area (Å²) >= 11 is 0.887. The number of carbonyl (C=O) groups is 1. The first-order chi connectivity index (χ1) is 12.3. The maximum atomic E-state index is 13.1. The molecule has 0 saturated heterocycles. The van der Waals surface area contributed by atoms with Crippen molar-refractivity contribution in [1.82, 2.24) is 4.90 Å². The molecule has 0 unspecified atom stereocenters. The molecule has 1 aliphatic rings. The minimum absolute atomic E-state index is 0.274. The Morgan fingerprint density at radius 1 is 1.04 bits per heavy atom. The molecule has 0 radical (unpaired) electrons. The molecule has 0 fully saturated rings. The quantitative estimate of drug-likeness (QED) is 0.801. The van der Waals surface area contributed by atoms with E-state index in [1.165, 1.54) is 10.3 Å². The number of hydrogen-bond acceptors (Lipinski definition) is 4. The molecule has 2 heterocycles. The van der Waals surface area contributed by atoms with Crippen LogP contribution in [0.4, 0.5) is 13.2 Å². The van der Waals surface area contributed by atoms with Crippen LogP contribution in [0.3, 0.4) is 0 Å². The van der Waals surface area contributed by atoms with Gasteiger partial charge in [-0.2, -0.15) is 24.5 Å². The molecule has 0 N–H and O–H groups in total. The summed E-state index contributed by atoms with van der Waals surface area (Å²) in [6.45, 7) is 0.711. The summed E-state index contributed by atoms with van der Waals surface area (Å²) in [6.07, 6.45) is -3.43. The van der Waals surface area contributed by atoms with Gasteiger partial charge in [0.25, 0.3) is 5.91 Å². The molecule has 0 bridgehead atoms. The summed E-state index contributed by atoms with van der Waals surface area (Å²) in [4.78, 5) is 14.1. The molecule has 140 valence electrons. The van der Waals surface area contributed by atoms with Crippen molar-refractivity contribution in [2.24, 2.45) is 0 Å². The highest BCUT2D eigenvalue weighted by molar-refractivity contribution is 7.08. The molecule has 3 rings (SSSR count). The molecular weight excluding hydrogens is 367 g/mol. The van der Waals surface area contributed by atoms with Crippen LogP contribution < -0.4 is 9.47 Å². The third-order valence-electron chi connectivity index (χ3n) is 4.49. The predicted molar refractivity (Wildman–Crippen MR) is 92.2 cm³/mol. The van der Waals surface area contributed by atoms with Crippen molar-refractivity contribution >= 4 is 17.2 Å². The summed E-state index contributed by atoms with van der Waals surface area (Å²) in [5.74, 6) is 0.622. The lowest BCUT2D eigenvalue weighted by atomic mass is 10.0. The van der Waals surface area contributed by atoms with E-state index in [2.05, 4.69) is 0 Å². The monoisotopic (exact) mass is 385 g/mol. The van der Waals surface area contributed by atoms with Gasteiger partial charge in [0.05, 0.1) is 25.3 Å².